The number of nitrogens with zero attached hydrogens (tertiary/aromatic N) is 2. The molecule has 124 valence electrons. The van der Waals surface area contributed by atoms with Gasteiger partial charge in [-0.3, -0.25) is 14.3 Å². The number of aliphatic hydroxyl groups is 1. The SMILES string of the molecule is CCn1c(C(=O)NC[C@]2(CO)COC[C@@H](C)N2C)c[nH]c1=O. The summed E-state index contributed by atoms with van der Waals surface area (Å²) in [6.45, 7) is 5.28. The first kappa shape index (κ1) is 16.7. The lowest BCUT2D eigenvalue weighted by Gasteiger charge is -2.47. The van der Waals surface area contributed by atoms with Crippen molar-refractivity contribution in [2.75, 3.05) is 33.4 Å². The molecule has 1 fully saturated rings. The van der Waals surface area contributed by atoms with Gasteiger partial charge in [0.2, 0.25) is 0 Å². The van der Waals surface area contributed by atoms with Gasteiger partial charge in [-0.2, -0.15) is 0 Å². The Morgan fingerprint density at radius 3 is 3.00 bits per heavy atom. The lowest BCUT2D eigenvalue weighted by molar-refractivity contribution is -0.105. The number of ether oxygens (including phenoxy) is 1. The van der Waals surface area contributed by atoms with Gasteiger partial charge in [0, 0.05) is 25.3 Å². The number of amides is 1. The van der Waals surface area contributed by atoms with Crippen LogP contribution in [0.5, 0.6) is 0 Å². The van der Waals surface area contributed by atoms with E-state index in [0.29, 0.717) is 19.8 Å². The zero-order valence-corrected chi connectivity index (χ0v) is 13.3. The summed E-state index contributed by atoms with van der Waals surface area (Å²) in [4.78, 5) is 28.4. The number of aromatic amines is 1. The molecule has 1 aromatic heterocycles. The van der Waals surface area contributed by atoms with Crippen LogP contribution in [0.4, 0.5) is 0 Å². The molecule has 1 saturated heterocycles. The summed E-state index contributed by atoms with van der Waals surface area (Å²) in [5.41, 5.74) is -0.676. The van der Waals surface area contributed by atoms with Crippen molar-refractivity contribution < 1.29 is 14.6 Å². The quantitative estimate of drug-likeness (QED) is 0.648. The lowest BCUT2D eigenvalue weighted by atomic mass is 9.96. The molecule has 22 heavy (non-hydrogen) atoms. The second kappa shape index (κ2) is 6.64. The summed E-state index contributed by atoms with van der Waals surface area (Å²) in [7, 11) is 1.91. The molecule has 0 radical (unpaired) electrons. The summed E-state index contributed by atoms with van der Waals surface area (Å²) in [5, 5.41) is 12.6. The molecule has 2 atom stereocenters. The van der Waals surface area contributed by atoms with E-state index in [1.54, 1.807) is 6.92 Å². The molecule has 0 saturated carbocycles. The normalized spacial score (nSPS) is 26.1. The third-order valence-electron chi connectivity index (χ3n) is 4.43. The van der Waals surface area contributed by atoms with Crippen LogP contribution in [0.1, 0.15) is 24.3 Å². The number of likely N-dealkylation sites (N-methyl/N-ethyl adjacent to an activating group) is 1. The molecular formula is C14H24N4O4. The van der Waals surface area contributed by atoms with Crippen molar-refractivity contribution in [2.24, 2.45) is 0 Å². The molecule has 0 unspecified atom stereocenters. The van der Waals surface area contributed by atoms with Crippen molar-refractivity contribution in [3.8, 4) is 0 Å². The zero-order valence-electron chi connectivity index (χ0n) is 13.3. The standard InChI is InChI=1S/C14H24N4O4/c1-4-18-11(5-15-13(18)21)12(20)16-7-14(8-19)9-22-6-10(2)17(14)3/h5,10,19H,4,6-9H2,1-3H3,(H,15,21)(H,16,20)/t10-,14+/m1/s1. The Kier molecular flexibility index (Phi) is 5.05. The van der Waals surface area contributed by atoms with E-state index < -0.39 is 5.54 Å². The summed E-state index contributed by atoms with van der Waals surface area (Å²) < 4.78 is 6.90. The predicted molar refractivity (Wildman–Crippen MR) is 80.9 cm³/mol. The van der Waals surface area contributed by atoms with Gasteiger partial charge in [-0.1, -0.05) is 0 Å². The number of nitrogens with one attached hydrogen (secondary N) is 2. The number of rotatable bonds is 5. The average Bonchev–Trinajstić information content (AvgIpc) is 2.89. The molecule has 8 nitrogen and oxygen atoms in total. The van der Waals surface area contributed by atoms with Crippen molar-refractivity contribution in [3.63, 3.8) is 0 Å². The second-order valence-corrected chi connectivity index (χ2v) is 5.76. The van der Waals surface area contributed by atoms with Crippen LogP contribution in [0.15, 0.2) is 11.0 Å². The minimum atomic E-state index is -0.652. The first-order valence-electron chi connectivity index (χ1n) is 7.43. The molecule has 1 aliphatic heterocycles. The van der Waals surface area contributed by atoms with Crippen molar-refractivity contribution in [1.29, 1.82) is 0 Å². The van der Waals surface area contributed by atoms with Gasteiger partial charge in [-0.15, -0.1) is 0 Å². The van der Waals surface area contributed by atoms with Gasteiger partial charge in [-0.05, 0) is 20.9 Å². The first-order chi connectivity index (χ1) is 10.4. The van der Waals surface area contributed by atoms with E-state index in [2.05, 4.69) is 10.3 Å². The predicted octanol–water partition coefficient (Wildman–Crippen LogP) is -0.992. The van der Waals surface area contributed by atoms with E-state index in [4.69, 9.17) is 4.74 Å². The molecule has 1 aromatic rings. The number of morpholine rings is 1. The maximum atomic E-state index is 12.3. The van der Waals surface area contributed by atoms with Gasteiger partial charge in [0.1, 0.15) is 5.69 Å². The third kappa shape index (κ3) is 2.94. The van der Waals surface area contributed by atoms with Crippen molar-refractivity contribution in [3.05, 3.63) is 22.4 Å². The first-order valence-corrected chi connectivity index (χ1v) is 7.43. The number of aromatic nitrogens is 2. The smallest absolute Gasteiger partial charge is 0.326 e. The minimum Gasteiger partial charge on any atom is -0.394 e. The van der Waals surface area contributed by atoms with Crippen LogP contribution >= 0.6 is 0 Å². The number of carbonyl (C=O) groups is 1. The van der Waals surface area contributed by atoms with Gasteiger partial charge in [-0.25, -0.2) is 4.79 Å². The van der Waals surface area contributed by atoms with Crippen LogP contribution in [-0.4, -0.2) is 70.5 Å². The van der Waals surface area contributed by atoms with Crippen LogP contribution < -0.4 is 11.0 Å². The Balaban J connectivity index is 2.10. The maximum absolute atomic E-state index is 12.3. The number of H-pyrrole nitrogens is 1. The summed E-state index contributed by atoms with van der Waals surface area (Å²) in [6.07, 6.45) is 1.40. The van der Waals surface area contributed by atoms with E-state index in [9.17, 15) is 14.7 Å². The monoisotopic (exact) mass is 312 g/mol. The van der Waals surface area contributed by atoms with Gasteiger partial charge < -0.3 is 20.1 Å². The molecule has 0 bridgehead atoms. The molecule has 1 aliphatic rings. The molecule has 3 N–H and O–H groups in total. The van der Waals surface area contributed by atoms with Crippen molar-refractivity contribution in [2.45, 2.75) is 32.0 Å². The lowest BCUT2D eigenvalue weighted by Crippen LogP contribution is -2.65. The van der Waals surface area contributed by atoms with Crippen LogP contribution in [0.2, 0.25) is 0 Å². The van der Waals surface area contributed by atoms with E-state index >= 15 is 0 Å². The summed E-state index contributed by atoms with van der Waals surface area (Å²) in [6, 6.07) is 0.152. The van der Waals surface area contributed by atoms with E-state index in [1.807, 2.05) is 18.9 Å². The Bertz CT molecular complexity index is 582. The van der Waals surface area contributed by atoms with Gasteiger partial charge >= 0.3 is 5.69 Å². The van der Waals surface area contributed by atoms with Gasteiger partial charge in [0.15, 0.2) is 0 Å². The van der Waals surface area contributed by atoms with E-state index in [1.165, 1.54) is 10.8 Å². The highest BCUT2D eigenvalue weighted by Crippen LogP contribution is 2.21. The van der Waals surface area contributed by atoms with Crippen molar-refractivity contribution >= 4 is 5.91 Å². The Morgan fingerprint density at radius 2 is 2.36 bits per heavy atom. The van der Waals surface area contributed by atoms with Crippen LogP contribution in [0.25, 0.3) is 0 Å². The van der Waals surface area contributed by atoms with Crippen LogP contribution in [-0.2, 0) is 11.3 Å². The largest absolute Gasteiger partial charge is 0.394 e. The van der Waals surface area contributed by atoms with Gasteiger partial charge in [0.25, 0.3) is 5.91 Å². The van der Waals surface area contributed by atoms with Crippen LogP contribution in [0.3, 0.4) is 0 Å². The molecule has 0 aliphatic carbocycles. The van der Waals surface area contributed by atoms with Crippen LogP contribution in [0, 0.1) is 0 Å². The summed E-state index contributed by atoms with van der Waals surface area (Å²) >= 11 is 0. The Morgan fingerprint density at radius 1 is 1.64 bits per heavy atom. The fourth-order valence-corrected chi connectivity index (χ4v) is 2.72. The fraction of sp³-hybridized carbons (Fsp3) is 0.714. The minimum absolute atomic E-state index is 0.123. The maximum Gasteiger partial charge on any atom is 0.326 e. The van der Waals surface area contributed by atoms with Gasteiger partial charge in [0.05, 0.1) is 25.4 Å². The number of hydrogen-bond donors (Lipinski definition) is 3. The molecule has 0 aromatic carbocycles. The fourth-order valence-electron chi connectivity index (χ4n) is 2.72. The highest BCUT2D eigenvalue weighted by atomic mass is 16.5. The molecule has 2 rings (SSSR count). The number of aliphatic hydroxyl groups excluding tert-OH is 1. The molecule has 8 heteroatoms. The number of imidazole rings is 1. The highest BCUT2D eigenvalue weighted by Gasteiger charge is 2.40. The zero-order chi connectivity index (χ0) is 16.3. The molecular weight excluding hydrogens is 288 g/mol. The topological polar surface area (TPSA) is 99.6 Å². The molecule has 2 heterocycles. The number of carbonyl (C=O) groups excluding carboxylic acids is 1. The third-order valence-corrected chi connectivity index (χ3v) is 4.43. The Labute approximate surface area is 129 Å². The Hall–Kier alpha value is -1.64. The highest BCUT2D eigenvalue weighted by molar-refractivity contribution is 5.92. The summed E-state index contributed by atoms with van der Waals surface area (Å²) in [5.74, 6) is -0.348. The van der Waals surface area contributed by atoms with E-state index in [0.717, 1.165) is 0 Å². The van der Waals surface area contributed by atoms with Crippen molar-refractivity contribution in [1.82, 2.24) is 19.8 Å². The average molecular weight is 312 g/mol. The molecule has 0 spiro atoms. The molecule has 1 amide bonds. The second-order valence-electron chi connectivity index (χ2n) is 5.76. The number of hydrogen-bond acceptors (Lipinski definition) is 5. The van der Waals surface area contributed by atoms with E-state index in [-0.39, 0.29) is 36.5 Å².